The van der Waals surface area contributed by atoms with Crippen molar-refractivity contribution in [2.45, 2.75) is 19.9 Å². The zero-order valence-electron chi connectivity index (χ0n) is 15.2. The van der Waals surface area contributed by atoms with Crippen LogP contribution < -0.4 is 21.9 Å². The fourth-order valence-corrected chi connectivity index (χ4v) is 2.67. The molecular formula is C20H20N4O4. The van der Waals surface area contributed by atoms with Crippen LogP contribution in [0.4, 0.5) is 11.5 Å². The summed E-state index contributed by atoms with van der Waals surface area (Å²) in [6.07, 6.45) is 0.858. The topological polar surface area (TPSA) is 116 Å². The lowest BCUT2D eigenvalue weighted by Crippen LogP contribution is -2.39. The minimum absolute atomic E-state index is 0.0631. The molecule has 1 amide bonds. The third-order valence-electron chi connectivity index (χ3n) is 4.24. The van der Waals surface area contributed by atoms with Crippen LogP contribution in [0.1, 0.15) is 28.4 Å². The molecule has 0 aliphatic rings. The first-order chi connectivity index (χ1) is 13.5. The van der Waals surface area contributed by atoms with Crippen molar-refractivity contribution in [1.82, 2.24) is 9.71 Å². The van der Waals surface area contributed by atoms with Gasteiger partial charge in [-0.25, -0.2) is 4.79 Å². The van der Waals surface area contributed by atoms with Crippen LogP contribution in [-0.4, -0.2) is 20.8 Å². The molecule has 8 heteroatoms. The van der Waals surface area contributed by atoms with E-state index in [-0.39, 0.29) is 17.1 Å². The van der Waals surface area contributed by atoms with Gasteiger partial charge in [0, 0.05) is 12.2 Å². The van der Waals surface area contributed by atoms with Crippen molar-refractivity contribution in [3.05, 3.63) is 92.1 Å². The van der Waals surface area contributed by atoms with E-state index in [0.717, 1.165) is 17.5 Å². The number of aromatic nitrogens is 2. The van der Waals surface area contributed by atoms with E-state index in [0.29, 0.717) is 5.69 Å². The van der Waals surface area contributed by atoms with Crippen LogP contribution in [0.3, 0.4) is 0 Å². The van der Waals surface area contributed by atoms with Gasteiger partial charge in [-0.05, 0) is 29.7 Å². The Morgan fingerprint density at radius 2 is 1.71 bits per heavy atom. The van der Waals surface area contributed by atoms with Crippen molar-refractivity contribution >= 4 is 17.4 Å². The van der Waals surface area contributed by atoms with Crippen LogP contribution in [0.25, 0.3) is 0 Å². The maximum Gasteiger partial charge on any atom is 0.363 e. The molecule has 0 fully saturated rings. The highest BCUT2D eigenvalue weighted by Gasteiger charge is 2.21. The summed E-state index contributed by atoms with van der Waals surface area (Å²) in [4.78, 5) is 39.1. The molecule has 28 heavy (non-hydrogen) atoms. The van der Waals surface area contributed by atoms with Gasteiger partial charge in [-0.1, -0.05) is 54.1 Å². The minimum atomic E-state index is -1.11. The van der Waals surface area contributed by atoms with E-state index >= 15 is 0 Å². The monoisotopic (exact) mass is 380 g/mol. The third kappa shape index (κ3) is 4.12. The zero-order chi connectivity index (χ0) is 20.1. The molecule has 1 heterocycles. The smallest absolute Gasteiger partial charge is 0.363 e. The van der Waals surface area contributed by atoms with Gasteiger partial charge in [0.15, 0.2) is 0 Å². The third-order valence-corrected chi connectivity index (χ3v) is 4.24. The van der Waals surface area contributed by atoms with Gasteiger partial charge in [-0.3, -0.25) is 14.6 Å². The average Bonchev–Trinajstić information content (AvgIpc) is 2.71. The van der Waals surface area contributed by atoms with Gasteiger partial charge < -0.3 is 15.8 Å². The average molecular weight is 380 g/mol. The van der Waals surface area contributed by atoms with Gasteiger partial charge in [0.25, 0.3) is 5.91 Å². The highest BCUT2D eigenvalue weighted by molar-refractivity contribution is 6.07. The summed E-state index contributed by atoms with van der Waals surface area (Å²) < 4.78 is -0.122. The van der Waals surface area contributed by atoms with Crippen molar-refractivity contribution in [3.8, 4) is 0 Å². The van der Waals surface area contributed by atoms with Gasteiger partial charge in [-0.2, -0.15) is 0 Å². The lowest BCUT2D eigenvalue weighted by Gasteiger charge is -2.12. The minimum Gasteiger partial charge on any atom is -0.421 e. The molecule has 0 saturated heterocycles. The van der Waals surface area contributed by atoms with Crippen molar-refractivity contribution < 1.29 is 10.0 Å². The van der Waals surface area contributed by atoms with E-state index in [9.17, 15) is 19.6 Å². The number of rotatable bonds is 6. The number of anilines is 2. The second-order valence-corrected chi connectivity index (χ2v) is 6.14. The Labute approximate surface area is 160 Å². The van der Waals surface area contributed by atoms with Gasteiger partial charge in [0.2, 0.25) is 0 Å². The molecule has 2 aromatic carbocycles. The molecule has 0 radical (unpaired) electrons. The molecule has 1 aromatic heterocycles. The van der Waals surface area contributed by atoms with Crippen LogP contribution >= 0.6 is 0 Å². The Kier molecular flexibility index (Phi) is 5.59. The highest BCUT2D eigenvalue weighted by Crippen LogP contribution is 2.14. The zero-order valence-corrected chi connectivity index (χ0v) is 15.2. The van der Waals surface area contributed by atoms with E-state index in [2.05, 4.69) is 15.6 Å². The van der Waals surface area contributed by atoms with Gasteiger partial charge >= 0.3 is 11.2 Å². The number of nitrogens with one attached hydrogen (secondary N) is 3. The molecule has 0 aliphatic carbocycles. The largest absolute Gasteiger partial charge is 0.421 e. The van der Waals surface area contributed by atoms with Crippen molar-refractivity contribution in [3.63, 3.8) is 0 Å². The number of H-pyrrole nitrogens is 1. The second-order valence-electron chi connectivity index (χ2n) is 6.14. The van der Waals surface area contributed by atoms with Crippen LogP contribution in [0.5, 0.6) is 0 Å². The number of aromatic amines is 1. The predicted molar refractivity (Wildman–Crippen MR) is 106 cm³/mol. The summed E-state index contributed by atoms with van der Waals surface area (Å²) in [7, 11) is 0. The van der Waals surface area contributed by atoms with Gasteiger partial charge in [0.05, 0.1) is 0 Å². The molecule has 4 N–H and O–H groups in total. The number of aryl methyl sites for hydroxylation is 1. The Bertz CT molecular complexity index is 1090. The van der Waals surface area contributed by atoms with Gasteiger partial charge in [0.1, 0.15) is 11.4 Å². The molecule has 3 rings (SSSR count). The predicted octanol–water partition coefficient (Wildman–Crippen LogP) is 2.20. The first-order valence-corrected chi connectivity index (χ1v) is 8.76. The standard InChI is InChI=1S/C20H20N4O4/c1-2-13-8-10-15(11-9-13)22-18(25)16-17(23-20(27)24(28)19(16)26)21-12-14-6-4-3-5-7-14/h3-11,21,28H,2,12H2,1H3,(H,22,25)(H,23,27). The summed E-state index contributed by atoms with van der Waals surface area (Å²) in [5.74, 6) is -0.810. The summed E-state index contributed by atoms with van der Waals surface area (Å²) in [5, 5.41) is 15.1. The van der Waals surface area contributed by atoms with E-state index in [1.807, 2.05) is 49.4 Å². The van der Waals surface area contributed by atoms with Crippen LogP contribution in [0.2, 0.25) is 0 Å². The molecule has 8 nitrogen and oxygen atoms in total. The fraction of sp³-hybridized carbons (Fsp3) is 0.150. The summed E-state index contributed by atoms with van der Waals surface area (Å²) in [6.45, 7) is 2.29. The number of hydrogen-bond acceptors (Lipinski definition) is 5. The van der Waals surface area contributed by atoms with E-state index in [1.165, 1.54) is 0 Å². The lowest BCUT2D eigenvalue weighted by molar-refractivity contribution is 0.101. The summed E-state index contributed by atoms with van der Waals surface area (Å²) >= 11 is 0. The summed E-state index contributed by atoms with van der Waals surface area (Å²) in [5.41, 5.74) is -0.0571. The number of carbonyl (C=O) groups is 1. The number of hydrogen-bond donors (Lipinski definition) is 4. The number of carbonyl (C=O) groups excluding carboxylic acids is 1. The van der Waals surface area contributed by atoms with E-state index < -0.39 is 22.7 Å². The molecule has 144 valence electrons. The number of benzene rings is 2. The summed E-state index contributed by atoms with van der Waals surface area (Å²) in [6, 6.07) is 16.4. The Balaban J connectivity index is 1.91. The Hall–Kier alpha value is -3.81. The molecular weight excluding hydrogens is 360 g/mol. The molecule has 0 atom stereocenters. The normalized spacial score (nSPS) is 10.5. The SMILES string of the molecule is CCc1ccc(NC(=O)c2c(NCc3ccccc3)[nH]c(=O)n(O)c2=O)cc1. The molecule has 0 aliphatic heterocycles. The Morgan fingerprint density at radius 3 is 2.36 bits per heavy atom. The quantitative estimate of drug-likeness (QED) is 0.489. The maximum absolute atomic E-state index is 12.7. The first kappa shape index (κ1) is 19.0. The second kappa shape index (κ2) is 8.26. The van der Waals surface area contributed by atoms with Crippen LogP contribution in [-0.2, 0) is 13.0 Å². The molecule has 0 bridgehead atoms. The number of nitrogens with zero attached hydrogens (tertiary/aromatic N) is 1. The fourth-order valence-electron chi connectivity index (χ4n) is 2.67. The Morgan fingerprint density at radius 1 is 1.04 bits per heavy atom. The van der Waals surface area contributed by atoms with E-state index in [1.54, 1.807) is 12.1 Å². The van der Waals surface area contributed by atoms with Crippen molar-refractivity contribution in [2.75, 3.05) is 10.6 Å². The first-order valence-electron chi connectivity index (χ1n) is 8.76. The maximum atomic E-state index is 12.7. The van der Waals surface area contributed by atoms with Crippen LogP contribution in [0.15, 0.2) is 64.2 Å². The van der Waals surface area contributed by atoms with Gasteiger partial charge in [-0.15, -0.1) is 0 Å². The van der Waals surface area contributed by atoms with E-state index in [4.69, 9.17) is 0 Å². The number of amides is 1. The molecule has 3 aromatic rings. The molecule has 0 saturated carbocycles. The van der Waals surface area contributed by atoms with Crippen molar-refractivity contribution in [2.24, 2.45) is 0 Å². The van der Waals surface area contributed by atoms with Crippen LogP contribution in [0, 0.1) is 0 Å². The molecule has 0 spiro atoms. The molecule has 0 unspecified atom stereocenters. The lowest BCUT2D eigenvalue weighted by atomic mass is 10.1. The highest BCUT2D eigenvalue weighted by atomic mass is 16.5. The van der Waals surface area contributed by atoms with Crippen molar-refractivity contribution in [1.29, 1.82) is 0 Å².